The van der Waals surface area contributed by atoms with Gasteiger partial charge in [-0.3, -0.25) is 4.79 Å². The first-order valence-electron chi connectivity index (χ1n) is 6.31. The van der Waals surface area contributed by atoms with Gasteiger partial charge in [-0.05, 0) is 25.0 Å². The lowest BCUT2D eigenvalue weighted by molar-refractivity contribution is -0.253. The van der Waals surface area contributed by atoms with Gasteiger partial charge in [0.2, 0.25) is 0 Å². The second-order valence-corrected chi connectivity index (χ2v) is 4.37. The number of rotatable bonds is 7. The molecule has 20 heavy (non-hydrogen) atoms. The zero-order chi connectivity index (χ0) is 15.3. The maximum absolute atomic E-state index is 12.8. The van der Waals surface area contributed by atoms with Gasteiger partial charge in [0.25, 0.3) is 0 Å². The van der Waals surface area contributed by atoms with Crippen molar-refractivity contribution in [2.45, 2.75) is 39.2 Å². The minimum absolute atomic E-state index is 0.182. The van der Waals surface area contributed by atoms with Crippen LogP contribution in [0.2, 0.25) is 0 Å². The highest BCUT2D eigenvalue weighted by Crippen LogP contribution is 2.28. The third-order valence-corrected chi connectivity index (χ3v) is 2.98. The van der Waals surface area contributed by atoms with E-state index in [1.807, 2.05) is 13.8 Å². The molecule has 0 radical (unpaired) electrons. The molecule has 0 amide bonds. The van der Waals surface area contributed by atoms with Crippen molar-refractivity contribution in [3.63, 3.8) is 0 Å². The van der Waals surface area contributed by atoms with Crippen LogP contribution in [0.5, 0.6) is 5.75 Å². The molecule has 0 N–H and O–H groups in total. The summed E-state index contributed by atoms with van der Waals surface area (Å²) in [5.41, 5.74) is 0.182. The monoisotopic (exact) mass is 292 g/mol. The smallest absolute Gasteiger partial charge is 0.428 e. The minimum atomic E-state index is -4.57. The highest BCUT2D eigenvalue weighted by atomic mass is 19.3. The van der Waals surface area contributed by atoms with E-state index in [-0.39, 0.29) is 17.3 Å². The van der Waals surface area contributed by atoms with Crippen LogP contribution in [-0.2, 0) is 0 Å². The quantitative estimate of drug-likeness (QED) is 0.544. The predicted octanol–water partition coefficient (Wildman–Crippen LogP) is 4.54. The summed E-state index contributed by atoms with van der Waals surface area (Å²) in [4.78, 5) is 12.1. The van der Waals surface area contributed by atoms with Gasteiger partial charge in [0, 0.05) is 11.5 Å². The first kappa shape index (κ1) is 16.5. The van der Waals surface area contributed by atoms with Gasteiger partial charge in [0.05, 0.1) is 0 Å². The molecule has 0 heterocycles. The van der Waals surface area contributed by atoms with Gasteiger partial charge in [0.1, 0.15) is 5.75 Å². The lowest BCUT2D eigenvalue weighted by Crippen LogP contribution is -2.33. The van der Waals surface area contributed by atoms with E-state index in [1.165, 1.54) is 12.1 Å². The number of ether oxygens (including phenoxy) is 1. The van der Waals surface area contributed by atoms with E-state index in [4.69, 9.17) is 0 Å². The summed E-state index contributed by atoms with van der Waals surface area (Å²) < 4.78 is 53.7. The van der Waals surface area contributed by atoms with Crippen LogP contribution >= 0.6 is 0 Å². The average molecular weight is 292 g/mol. The van der Waals surface area contributed by atoms with Gasteiger partial charge >= 0.3 is 12.5 Å². The zero-order valence-corrected chi connectivity index (χ0v) is 11.2. The van der Waals surface area contributed by atoms with E-state index in [0.717, 1.165) is 12.1 Å². The van der Waals surface area contributed by atoms with Crippen LogP contribution in [0.4, 0.5) is 17.6 Å². The van der Waals surface area contributed by atoms with Crippen LogP contribution in [0.15, 0.2) is 24.3 Å². The van der Waals surface area contributed by atoms with Crippen LogP contribution in [-0.4, -0.2) is 18.3 Å². The third kappa shape index (κ3) is 3.95. The van der Waals surface area contributed by atoms with Crippen LogP contribution in [0.3, 0.4) is 0 Å². The third-order valence-electron chi connectivity index (χ3n) is 2.98. The Morgan fingerprint density at radius 1 is 1.25 bits per heavy atom. The molecular weight excluding hydrogens is 276 g/mol. The number of carbonyl (C=O) groups excluding carboxylic acids is 1. The summed E-state index contributed by atoms with van der Waals surface area (Å²) in [6, 6.07) is 4.96. The number of halogens is 4. The second-order valence-electron chi connectivity index (χ2n) is 4.37. The largest absolute Gasteiger partial charge is 0.461 e. The number of hydrogen-bond acceptors (Lipinski definition) is 2. The molecule has 0 aliphatic carbocycles. The molecule has 0 saturated heterocycles. The van der Waals surface area contributed by atoms with Crippen molar-refractivity contribution in [2.75, 3.05) is 0 Å². The van der Waals surface area contributed by atoms with Crippen LogP contribution in [0, 0.1) is 5.92 Å². The molecule has 0 atom stereocenters. The number of ketones is 1. The molecule has 2 nitrogen and oxygen atoms in total. The Morgan fingerprint density at radius 3 is 2.35 bits per heavy atom. The summed E-state index contributed by atoms with van der Waals surface area (Å²) >= 11 is 0. The second kappa shape index (κ2) is 6.72. The van der Waals surface area contributed by atoms with Crippen molar-refractivity contribution in [1.82, 2.24) is 0 Å². The fraction of sp³-hybridized carbons (Fsp3) is 0.500. The van der Waals surface area contributed by atoms with Gasteiger partial charge in [-0.15, -0.1) is 0 Å². The normalized spacial score (nSPS) is 12.0. The Morgan fingerprint density at radius 2 is 1.85 bits per heavy atom. The van der Waals surface area contributed by atoms with Crippen LogP contribution in [0.1, 0.15) is 37.0 Å². The van der Waals surface area contributed by atoms with Crippen molar-refractivity contribution in [1.29, 1.82) is 0 Å². The lowest BCUT2D eigenvalue weighted by Gasteiger charge is -2.17. The van der Waals surface area contributed by atoms with E-state index >= 15 is 0 Å². The highest BCUT2D eigenvalue weighted by molar-refractivity contribution is 5.98. The topological polar surface area (TPSA) is 26.3 Å². The first-order chi connectivity index (χ1) is 9.31. The van der Waals surface area contributed by atoms with Crippen molar-refractivity contribution < 1.29 is 27.1 Å². The van der Waals surface area contributed by atoms with E-state index in [2.05, 4.69) is 4.74 Å². The molecule has 0 unspecified atom stereocenters. The molecule has 0 bridgehead atoms. The molecule has 112 valence electrons. The summed E-state index contributed by atoms with van der Waals surface area (Å²) in [6.07, 6.45) is -7.27. The van der Waals surface area contributed by atoms with Crippen molar-refractivity contribution >= 4 is 5.78 Å². The van der Waals surface area contributed by atoms with E-state index in [0.29, 0.717) is 12.8 Å². The maximum atomic E-state index is 12.8. The molecule has 1 rings (SSSR count). The SMILES string of the molecule is CCC(CC)C(=O)c1cccc(OC(F)(F)C(F)F)c1. The van der Waals surface area contributed by atoms with E-state index < -0.39 is 18.3 Å². The van der Waals surface area contributed by atoms with Gasteiger partial charge in [-0.2, -0.15) is 17.6 Å². The lowest BCUT2D eigenvalue weighted by atomic mass is 9.93. The Labute approximate surface area is 114 Å². The fourth-order valence-corrected chi connectivity index (χ4v) is 1.81. The number of benzene rings is 1. The van der Waals surface area contributed by atoms with Gasteiger partial charge in [0.15, 0.2) is 5.78 Å². The minimum Gasteiger partial charge on any atom is -0.428 e. The Balaban J connectivity index is 2.94. The molecule has 0 aliphatic rings. The fourth-order valence-electron chi connectivity index (χ4n) is 1.81. The molecule has 1 aromatic carbocycles. The Bertz CT molecular complexity index is 456. The number of carbonyl (C=O) groups is 1. The Kier molecular flexibility index (Phi) is 5.53. The summed E-state index contributed by atoms with van der Waals surface area (Å²) in [5.74, 6) is -0.881. The summed E-state index contributed by atoms with van der Waals surface area (Å²) in [7, 11) is 0. The molecule has 0 spiro atoms. The van der Waals surface area contributed by atoms with E-state index in [9.17, 15) is 22.4 Å². The van der Waals surface area contributed by atoms with E-state index in [1.54, 1.807) is 0 Å². The molecule has 0 saturated carbocycles. The van der Waals surface area contributed by atoms with Crippen molar-refractivity contribution in [2.24, 2.45) is 5.92 Å². The molecule has 0 aromatic heterocycles. The molecule has 0 fully saturated rings. The maximum Gasteiger partial charge on any atom is 0.461 e. The highest BCUT2D eigenvalue weighted by Gasteiger charge is 2.44. The number of Topliss-reactive ketones (excluding diaryl/α,β-unsaturated/α-hetero) is 1. The van der Waals surface area contributed by atoms with Gasteiger partial charge in [-0.25, -0.2) is 0 Å². The van der Waals surface area contributed by atoms with Crippen LogP contribution < -0.4 is 4.74 Å². The molecular formula is C14H16F4O2. The number of alkyl halides is 4. The van der Waals surface area contributed by atoms with Gasteiger partial charge in [-0.1, -0.05) is 26.0 Å². The zero-order valence-electron chi connectivity index (χ0n) is 11.2. The van der Waals surface area contributed by atoms with Gasteiger partial charge < -0.3 is 4.74 Å². The van der Waals surface area contributed by atoms with Crippen molar-refractivity contribution in [3.05, 3.63) is 29.8 Å². The molecule has 1 aromatic rings. The van der Waals surface area contributed by atoms with Crippen LogP contribution in [0.25, 0.3) is 0 Å². The number of hydrogen-bond donors (Lipinski definition) is 0. The Hall–Kier alpha value is -1.59. The van der Waals surface area contributed by atoms with Crippen molar-refractivity contribution in [3.8, 4) is 5.75 Å². The first-order valence-corrected chi connectivity index (χ1v) is 6.31. The standard InChI is InChI=1S/C14H16F4O2/c1-3-9(4-2)12(19)10-6-5-7-11(8-10)20-14(17,18)13(15)16/h5-9,13H,3-4H2,1-2H3. The molecule has 6 heteroatoms. The summed E-state index contributed by atoms with van der Waals surface area (Å²) in [5, 5.41) is 0. The molecule has 0 aliphatic heterocycles. The summed E-state index contributed by atoms with van der Waals surface area (Å²) in [6.45, 7) is 3.69. The predicted molar refractivity (Wildman–Crippen MR) is 66.4 cm³/mol. The average Bonchev–Trinajstić information content (AvgIpc) is 2.39.